The lowest BCUT2D eigenvalue weighted by molar-refractivity contribution is -0.117. The molecule has 2 aliphatic rings. The van der Waals surface area contributed by atoms with Gasteiger partial charge in [-0.25, -0.2) is 4.39 Å². The van der Waals surface area contributed by atoms with Gasteiger partial charge in [0.25, 0.3) is 5.91 Å². The Balaban J connectivity index is 1.44. The van der Waals surface area contributed by atoms with E-state index in [2.05, 4.69) is 10.6 Å². The Morgan fingerprint density at radius 2 is 1.81 bits per heavy atom. The molecule has 0 radical (unpaired) electrons. The molecule has 134 valence electrons. The van der Waals surface area contributed by atoms with Crippen LogP contribution in [0.4, 0.5) is 10.1 Å². The standard InChI is InChI=1S/C20H19FN2O2S/c21-14-5-8-18-16(11-14)17(9-10-26-18)23-20(25)13-3-6-15(7-4-13)22-19(24)12-1-2-12/h3-8,11-12,17H,1-2,9-10H2,(H,22,24)(H,23,25). The molecular formula is C20H19FN2O2S. The molecular weight excluding hydrogens is 351 g/mol. The fraction of sp³-hybridized carbons (Fsp3) is 0.300. The summed E-state index contributed by atoms with van der Waals surface area (Å²) in [7, 11) is 0. The number of thioether (sulfide) groups is 1. The van der Waals surface area contributed by atoms with E-state index in [1.54, 1.807) is 42.1 Å². The number of carbonyl (C=O) groups excluding carboxylic acids is 2. The first kappa shape index (κ1) is 17.1. The number of amides is 2. The second kappa shape index (κ2) is 7.11. The van der Waals surface area contributed by atoms with Crippen molar-refractivity contribution < 1.29 is 14.0 Å². The molecule has 1 saturated carbocycles. The van der Waals surface area contributed by atoms with Crippen molar-refractivity contribution in [2.24, 2.45) is 5.92 Å². The Bertz CT molecular complexity index is 849. The van der Waals surface area contributed by atoms with E-state index in [4.69, 9.17) is 0 Å². The first-order valence-corrected chi connectivity index (χ1v) is 9.73. The van der Waals surface area contributed by atoms with E-state index in [0.717, 1.165) is 35.5 Å². The topological polar surface area (TPSA) is 58.2 Å². The highest BCUT2D eigenvalue weighted by molar-refractivity contribution is 7.99. The maximum Gasteiger partial charge on any atom is 0.251 e. The minimum Gasteiger partial charge on any atom is -0.345 e. The van der Waals surface area contributed by atoms with Crippen molar-refractivity contribution in [2.45, 2.75) is 30.2 Å². The Morgan fingerprint density at radius 1 is 1.04 bits per heavy atom. The van der Waals surface area contributed by atoms with Gasteiger partial charge in [-0.1, -0.05) is 0 Å². The van der Waals surface area contributed by atoms with Crippen LogP contribution in [0, 0.1) is 11.7 Å². The van der Waals surface area contributed by atoms with Gasteiger partial charge in [0.05, 0.1) is 6.04 Å². The Morgan fingerprint density at radius 3 is 2.54 bits per heavy atom. The summed E-state index contributed by atoms with van der Waals surface area (Å²) in [5, 5.41) is 5.86. The van der Waals surface area contributed by atoms with Crippen molar-refractivity contribution in [3.63, 3.8) is 0 Å². The van der Waals surface area contributed by atoms with E-state index >= 15 is 0 Å². The van der Waals surface area contributed by atoms with Crippen molar-refractivity contribution in [3.8, 4) is 0 Å². The first-order chi connectivity index (χ1) is 12.6. The molecule has 0 spiro atoms. The van der Waals surface area contributed by atoms with Crippen LogP contribution < -0.4 is 10.6 Å². The summed E-state index contributed by atoms with van der Waals surface area (Å²) in [6.07, 6.45) is 2.67. The number of hydrogen-bond donors (Lipinski definition) is 2. The number of fused-ring (bicyclic) bond motifs is 1. The first-order valence-electron chi connectivity index (χ1n) is 8.74. The van der Waals surface area contributed by atoms with Crippen LogP contribution >= 0.6 is 11.8 Å². The molecule has 1 atom stereocenters. The Labute approximate surface area is 155 Å². The second-order valence-electron chi connectivity index (χ2n) is 6.69. The molecule has 1 unspecified atom stereocenters. The van der Waals surface area contributed by atoms with Crippen molar-refractivity contribution in [2.75, 3.05) is 11.1 Å². The van der Waals surface area contributed by atoms with Crippen LogP contribution in [-0.2, 0) is 4.79 Å². The fourth-order valence-electron chi connectivity index (χ4n) is 3.05. The molecule has 4 rings (SSSR count). The van der Waals surface area contributed by atoms with Crippen molar-refractivity contribution >= 4 is 29.3 Å². The lowest BCUT2D eigenvalue weighted by atomic mass is 10.0. The predicted molar refractivity (Wildman–Crippen MR) is 99.7 cm³/mol. The Kier molecular flexibility index (Phi) is 4.68. The molecule has 1 aliphatic carbocycles. The summed E-state index contributed by atoms with van der Waals surface area (Å²) >= 11 is 1.68. The zero-order chi connectivity index (χ0) is 18.1. The van der Waals surface area contributed by atoms with E-state index in [9.17, 15) is 14.0 Å². The fourth-order valence-corrected chi connectivity index (χ4v) is 4.16. The van der Waals surface area contributed by atoms with Gasteiger partial charge in [0.2, 0.25) is 5.91 Å². The molecule has 0 saturated heterocycles. The van der Waals surface area contributed by atoms with E-state index in [1.807, 2.05) is 0 Å². The maximum atomic E-state index is 13.6. The molecule has 6 heteroatoms. The smallest absolute Gasteiger partial charge is 0.251 e. The highest BCUT2D eigenvalue weighted by atomic mass is 32.2. The predicted octanol–water partition coefficient (Wildman–Crippen LogP) is 4.14. The number of rotatable bonds is 4. The van der Waals surface area contributed by atoms with Gasteiger partial charge >= 0.3 is 0 Å². The number of carbonyl (C=O) groups is 2. The number of anilines is 1. The van der Waals surface area contributed by atoms with Gasteiger partial charge in [-0.3, -0.25) is 9.59 Å². The third kappa shape index (κ3) is 3.75. The van der Waals surface area contributed by atoms with E-state index in [1.165, 1.54) is 12.1 Å². The lowest BCUT2D eigenvalue weighted by Crippen LogP contribution is -2.30. The van der Waals surface area contributed by atoms with Crippen molar-refractivity contribution in [3.05, 3.63) is 59.4 Å². The van der Waals surface area contributed by atoms with Crippen molar-refractivity contribution in [1.29, 1.82) is 0 Å². The molecule has 1 fully saturated rings. The average Bonchev–Trinajstić information content (AvgIpc) is 3.48. The van der Waals surface area contributed by atoms with Gasteiger partial charge in [-0.2, -0.15) is 0 Å². The number of halogens is 1. The number of nitrogens with one attached hydrogen (secondary N) is 2. The van der Waals surface area contributed by atoms with Gasteiger partial charge in [0, 0.05) is 27.8 Å². The zero-order valence-corrected chi connectivity index (χ0v) is 14.9. The molecule has 4 nitrogen and oxygen atoms in total. The Hall–Kier alpha value is -2.34. The summed E-state index contributed by atoms with van der Waals surface area (Å²) in [4.78, 5) is 25.4. The van der Waals surface area contributed by atoms with Gasteiger partial charge in [-0.05, 0) is 67.3 Å². The van der Waals surface area contributed by atoms with Crippen LogP contribution in [0.3, 0.4) is 0 Å². The highest BCUT2D eigenvalue weighted by Crippen LogP contribution is 2.36. The van der Waals surface area contributed by atoms with Gasteiger partial charge in [-0.15, -0.1) is 11.8 Å². The van der Waals surface area contributed by atoms with E-state index in [0.29, 0.717) is 11.3 Å². The normalized spacial score (nSPS) is 18.7. The largest absolute Gasteiger partial charge is 0.345 e. The maximum absolute atomic E-state index is 13.6. The molecule has 2 N–H and O–H groups in total. The van der Waals surface area contributed by atoms with Crippen LogP contribution in [0.5, 0.6) is 0 Å². The van der Waals surface area contributed by atoms with Crippen LogP contribution in [0.2, 0.25) is 0 Å². The summed E-state index contributed by atoms with van der Waals surface area (Å²) in [5.74, 6) is 0.581. The van der Waals surface area contributed by atoms with Gasteiger partial charge in [0.15, 0.2) is 0 Å². The molecule has 26 heavy (non-hydrogen) atoms. The minimum absolute atomic E-state index is 0.0422. The lowest BCUT2D eigenvalue weighted by Gasteiger charge is -2.26. The van der Waals surface area contributed by atoms with Crippen LogP contribution in [0.25, 0.3) is 0 Å². The van der Waals surface area contributed by atoms with Crippen LogP contribution in [0.1, 0.15) is 41.2 Å². The molecule has 1 aliphatic heterocycles. The minimum atomic E-state index is -0.291. The van der Waals surface area contributed by atoms with Crippen LogP contribution in [-0.4, -0.2) is 17.6 Å². The molecule has 1 heterocycles. The number of hydrogen-bond acceptors (Lipinski definition) is 3. The molecule has 2 amide bonds. The third-order valence-electron chi connectivity index (χ3n) is 4.68. The quantitative estimate of drug-likeness (QED) is 0.850. The zero-order valence-electron chi connectivity index (χ0n) is 14.1. The van der Waals surface area contributed by atoms with E-state index in [-0.39, 0.29) is 29.6 Å². The highest BCUT2D eigenvalue weighted by Gasteiger charge is 2.29. The number of benzene rings is 2. The average molecular weight is 370 g/mol. The van der Waals surface area contributed by atoms with Gasteiger partial charge in [0.1, 0.15) is 5.82 Å². The van der Waals surface area contributed by atoms with Gasteiger partial charge < -0.3 is 10.6 Å². The van der Waals surface area contributed by atoms with Crippen molar-refractivity contribution in [1.82, 2.24) is 5.32 Å². The van der Waals surface area contributed by atoms with E-state index < -0.39 is 0 Å². The molecule has 2 aromatic rings. The summed E-state index contributed by atoms with van der Waals surface area (Å²) in [6.45, 7) is 0. The summed E-state index contributed by atoms with van der Waals surface area (Å²) < 4.78 is 13.6. The molecule has 0 aromatic heterocycles. The second-order valence-corrected chi connectivity index (χ2v) is 7.82. The SMILES string of the molecule is O=C(NC1CCSc2ccc(F)cc21)c1ccc(NC(=O)C2CC2)cc1. The monoisotopic (exact) mass is 370 g/mol. The van der Waals surface area contributed by atoms with Crippen LogP contribution in [0.15, 0.2) is 47.4 Å². The molecule has 2 aromatic carbocycles. The summed E-state index contributed by atoms with van der Waals surface area (Å²) in [5.41, 5.74) is 2.05. The summed E-state index contributed by atoms with van der Waals surface area (Å²) in [6, 6.07) is 11.4. The molecule has 0 bridgehead atoms. The third-order valence-corrected chi connectivity index (χ3v) is 5.80.